The lowest BCUT2D eigenvalue weighted by molar-refractivity contribution is -0.140. The summed E-state index contributed by atoms with van der Waals surface area (Å²) in [7, 11) is 0. The van der Waals surface area contributed by atoms with Gasteiger partial charge >= 0.3 is 6.18 Å². The molecule has 1 heterocycles. The number of alkyl halides is 3. The molecule has 3 N–H and O–H groups in total. The molecule has 4 nitrogen and oxygen atoms in total. The minimum absolute atomic E-state index is 0.133. The van der Waals surface area contributed by atoms with Crippen LogP contribution in [0.4, 0.5) is 18.9 Å². The number of hydrogen-bond donors (Lipinski definition) is 2. The summed E-state index contributed by atoms with van der Waals surface area (Å²) >= 11 is 0.897. The first-order valence-corrected chi connectivity index (χ1v) is 7.84. The second-order valence-electron chi connectivity index (χ2n) is 5.02. The van der Waals surface area contributed by atoms with Gasteiger partial charge in [0.15, 0.2) is 5.69 Å². The molecule has 0 fully saturated rings. The quantitative estimate of drug-likeness (QED) is 0.816. The van der Waals surface area contributed by atoms with Crippen molar-refractivity contribution in [3.63, 3.8) is 0 Å². The maximum atomic E-state index is 12.6. The number of rotatable bonds is 5. The zero-order valence-corrected chi connectivity index (χ0v) is 13.2. The van der Waals surface area contributed by atoms with Gasteiger partial charge < -0.3 is 11.1 Å². The van der Waals surface area contributed by atoms with Gasteiger partial charge in [0.1, 0.15) is 5.01 Å². The summed E-state index contributed by atoms with van der Waals surface area (Å²) in [5.74, 6) is -0.273. The predicted octanol–water partition coefficient (Wildman–Crippen LogP) is 3.55. The normalized spacial score (nSPS) is 12.9. The summed E-state index contributed by atoms with van der Waals surface area (Å²) in [4.78, 5) is 15.6. The van der Waals surface area contributed by atoms with E-state index in [2.05, 4.69) is 10.3 Å². The highest BCUT2D eigenvalue weighted by Crippen LogP contribution is 2.32. The number of nitrogens with one attached hydrogen (secondary N) is 1. The smallest absolute Gasteiger partial charge is 0.399 e. The van der Waals surface area contributed by atoms with E-state index >= 15 is 0 Å². The van der Waals surface area contributed by atoms with E-state index in [1.165, 1.54) is 0 Å². The fourth-order valence-corrected chi connectivity index (χ4v) is 2.94. The van der Waals surface area contributed by atoms with E-state index < -0.39 is 17.9 Å². The first-order chi connectivity index (χ1) is 10.8. The molecule has 0 radical (unpaired) electrons. The highest BCUT2D eigenvalue weighted by molar-refractivity contribution is 7.09. The number of amides is 1. The Labute approximate surface area is 135 Å². The van der Waals surface area contributed by atoms with Crippen LogP contribution >= 0.6 is 11.3 Å². The van der Waals surface area contributed by atoms with Crippen molar-refractivity contribution >= 4 is 22.9 Å². The molecule has 2 rings (SSSR count). The molecule has 0 saturated carbocycles. The van der Waals surface area contributed by atoms with Crippen LogP contribution in [0.25, 0.3) is 0 Å². The van der Waals surface area contributed by atoms with Crippen molar-refractivity contribution in [2.24, 2.45) is 0 Å². The molecule has 1 atom stereocenters. The average molecular weight is 343 g/mol. The van der Waals surface area contributed by atoms with Gasteiger partial charge in [0.05, 0.1) is 12.5 Å². The lowest BCUT2D eigenvalue weighted by atomic mass is 10.1. The lowest BCUT2D eigenvalue weighted by Crippen LogP contribution is -2.29. The summed E-state index contributed by atoms with van der Waals surface area (Å²) in [5.41, 5.74) is 6.03. The number of aromatic nitrogens is 1. The van der Waals surface area contributed by atoms with Crippen LogP contribution in [0, 0.1) is 0 Å². The molecule has 124 valence electrons. The molecule has 0 saturated heterocycles. The Bertz CT molecular complexity index is 667. The Hall–Kier alpha value is -2.09. The SMILES string of the molecule is CCC(NC(=O)Cc1ccc(N)cc1)c1nc(C(F)(F)F)cs1. The van der Waals surface area contributed by atoms with Crippen molar-refractivity contribution in [3.8, 4) is 0 Å². The van der Waals surface area contributed by atoms with Gasteiger partial charge in [-0.15, -0.1) is 11.3 Å². The van der Waals surface area contributed by atoms with Crippen LogP contribution in [-0.4, -0.2) is 10.9 Å². The van der Waals surface area contributed by atoms with Crippen molar-refractivity contribution in [1.82, 2.24) is 10.3 Å². The maximum absolute atomic E-state index is 12.6. The molecule has 1 aromatic carbocycles. The molecule has 2 aromatic rings. The number of hydrogen-bond acceptors (Lipinski definition) is 4. The third-order valence-electron chi connectivity index (χ3n) is 3.20. The zero-order chi connectivity index (χ0) is 17.0. The molecule has 0 aliphatic rings. The Kier molecular flexibility index (Phi) is 5.25. The number of benzene rings is 1. The third-order valence-corrected chi connectivity index (χ3v) is 4.16. The summed E-state index contributed by atoms with van der Waals surface area (Å²) in [5, 5.41) is 3.94. The molecular weight excluding hydrogens is 327 g/mol. The largest absolute Gasteiger partial charge is 0.434 e. The topological polar surface area (TPSA) is 68.0 Å². The molecule has 0 aliphatic carbocycles. The molecule has 1 unspecified atom stereocenters. The molecule has 8 heteroatoms. The number of nitrogens with zero attached hydrogens (tertiary/aromatic N) is 1. The van der Waals surface area contributed by atoms with Crippen molar-refractivity contribution in [2.45, 2.75) is 32.0 Å². The van der Waals surface area contributed by atoms with Crippen molar-refractivity contribution in [3.05, 3.63) is 45.9 Å². The van der Waals surface area contributed by atoms with E-state index in [0.717, 1.165) is 22.3 Å². The number of nitrogens with two attached hydrogens (primary N) is 1. The second kappa shape index (κ2) is 6.99. The van der Waals surface area contributed by atoms with Gasteiger partial charge in [-0.1, -0.05) is 19.1 Å². The summed E-state index contributed by atoms with van der Waals surface area (Å²) in [6.45, 7) is 1.78. The van der Waals surface area contributed by atoms with Crippen LogP contribution in [-0.2, 0) is 17.4 Å². The monoisotopic (exact) mass is 343 g/mol. The Morgan fingerprint density at radius 3 is 2.52 bits per heavy atom. The Morgan fingerprint density at radius 1 is 1.35 bits per heavy atom. The number of halogens is 3. The van der Waals surface area contributed by atoms with Gasteiger partial charge in [-0.3, -0.25) is 4.79 Å². The van der Waals surface area contributed by atoms with Crippen LogP contribution in [0.15, 0.2) is 29.6 Å². The van der Waals surface area contributed by atoms with Gasteiger partial charge in [0.2, 0.25) is 5.91 Å². The van der Waals surface area contributed by atoms with Crippen molar-refractivity contribution in [1.29, 1.82) is 0 Å². The number of anilines is 1. The fraction of sp³-hybridized carbons (Fsp3) is 0.333. The van der Waals surface area contributed by atoms with Crippen LogP contribution in [0.5, 0.6) is 0 Å². The first kappa shape index (κ1) is 17.3. The molecule has 1 amide bonds. The highest BCUT2D eigenvalue weighted by Gasteiger charge is 2.34. The number of thiazole rings is 1. The van der Waals surface area contributed by atoms with Crippen molar-refractivity contribution < 1.29 is 18.0 Å². The molecule has 1 aromatic heterocycles. The van der Waals surface area contributed by atoms with Gasteiger partial charge in [-0.05, 0) is 24.1 Å². The van der Waals surface area contributed by atoms with E-state index in [9.17, 15) is 18.0 Å². The third kappa shape index (κ3) is 4.69. The fourth-order valence-electron chi connectivity index (χ4n) is 1.98. The van der Waals surface area contributed by atoms with Crippen LogP contribution < -0.4 is 11.1 Å². The Balaban J connectivity index is 2.02. The van der Waals surface area contributed by atoms with E-state index in [1.807, 2.05) is 0 Å². The summed E-state index contributed by atoms with van der Waals surface area (Å²) in [6.07, 6.45) is -3.88. The second-order valence-corrected chi connectivity index (χ2v) is 5.91. The van der Waals surface area contributed by atoms with Gasteiger partial charge in [-0.2, -0.15) is 13.2 Å². The molecular formula is C15H16F3N3OS. The van der Waals surface area contributed by atoms with Crippen LogP contribution in [0.1, 0.15) is 35.7 Å². The first-order valence-electron chi connectivity index (χ1n) is 6.96. The highest BCUT2D eigenvalue weighted by atomic mass is 32.1. The maximum Gasteiger partial charge on any atom is 0.434 e. The van der Waals surface area contributed by atoms with E-state index in [-0.39, 0.29) is 17.3 Å². The van der Waals surface area contributed by atoms with Gasteiger partial charge in [0, 0.05) is 11.1 Å². The number of carbonyl (C=O) groups is 1. The zero-order valence-electron chi connectivity index (χ0n) is 12.4. The van der Waals surface area contributed by atoms with Crippen LogP contribution in [0.2, 0.25) is 0 Å². The average Bonchev–Trinajstić information content (AvgIpc) is 2.97. The predicted molar refractivity (Wildman–Crippen MR) is 82.8 cm³/mol. The summed E-state index contributed by atoms with van der Waals surface area (Å²) < 4.78 is 37.8. The summed E-state index contributed by atoms with van der Waals surface area (Å²) in [6, 6.07) is 6.33. The Morgan fingerprint density at radius 2 is 2.00 bits per heavy atom. The molecule has 0 spiro atoms. The van der Waals surface area contributed by atoms with E-state index in [1.54, 1.807) is 31.2 Å². The standard InChI is InChI=1S/C15H16F3N3OS/c1-2-11(14-21-12(8-23-14)15(16,17)18)20-13(22)7-9-3-5-10(19)6-4-9/h3-6,8,11H,2,7,19H2,1H3,(H,20,22). The minimum Gasteiger partial charge on any atom is -0.399 e. The lowest BCUT2D eigenvalue weighted by Gasteiger charge is -2.14. The number of carbonyl (C=O) groups excluding carboxylic acids is 1. The molecule has 23 heavy (non-hydrogen) atoms. The molecule has 0 aliphatic heterocycles. The van der Waals surface area contributed by atoms with Crippen LogP contribution in [0.3, 0.4) is 0 Å². The number of nitrogen functional groups attached to an aromatic ring is 1. The van der Waals surface area contributed by atoms with E-state index in [0.29, 0.717) is 12.1 Å². The van der Waals surface area contributed by atoms with Gasteiger partial charge in [-0.25, -0.2) is 4.98 Å². The van der Waals surface area contributed by atoms with Crippen molar-refractivity contribution in [2.75, 3.05) is 5.73 Å². The van der Waals surface area contributed by atoms with E-state index in [4.69, 9.17) is 5.73 Å². The van der Waals surface area contributed by atoms with Gasteiger partial charge in [0.25, 0.3) is 0 Å². The molecule has 0 bridgehead atoms. The minimum atomic E-state index is -4.47.